The van der Waals surface area contributed by atoms with Gasteiger partial charge >= 0.3 is 0 Å². The number of aliphatic imine (C=N–C) groups is 1. The van der Waals surface area contributed by atoms with Crippen molar-refractivity contribution in [2.24, 2.45) is 4.99 Å². The highest BCUT2D eigenvalue weighted by molar-refractivity contribution is 14.0. The van der Waals surface area contributed by atoms with Gasteiger partial charge in [0.1, 0.15) is 12.3 Å². The molecule has 166 valence electrons. The summed E-state index contributed by atoms with van der Waals surface area (Å²) in [5.41, 5.74) is 1.49. The molecule has 1 aromatic carbocycles. The maximum absolute atomic E-state index is 12.2. The van der Waals surface area contributed by atoms with Crippen LogP contribution in [-0.4, -0.2) is 29.9 Å². The SMILES string of the molecule is CCNC(=NCc1ncc(C(C)(C)C)o1)NCCC(=O)Nc1cccc(Cl)c1C.I. The van der Waals surface area contributed by atoms with Crippen LogP contribution in [-0.2, 0) is 16.8 Å². The molecule has 0 aliphatic rings. The molecule has 0 radical (unpaired) electrons. The number of benzene rings is 1. The molecule has 9 heteroatoms. The van der Waals surface area contributed by atoms with Crippen molar-refractivity contribution >= 4 is 53.1 Å². The van der Waals surface area contributed by atoms with Crippen LogP contribution in [0.4, 0.5) is 5.69 Å². The number of amides is 1. The average molecular weight is 548 g/mol. The van der Waals surface area contributed by atoms with E-state index in [1.807, 2.05) is 26.0 Å². The molecule has 0 unspecified atom stereocenters. The van der Waals surface area contributed by atoms with E-state index < -0.39 is 0 Å². The topological polar surface area (TPSA) is 91.6 Å². The molecular weight excluding hydrogens is 517 g/mol. The summed E-state index contributed by atoms with van der Waals surface area (Å²) in [4.78, 5) is 21.0. The summed E-state index contributed by atoms with van der Waals surface area (Å²) in [6.07, 6.45) is 2.04. The zero-order valence-electron chi connectivity index (χ0n) is 18.1. The Balaban J connectivity index is 0.00000450. The smallest absolute Gasteiger partial charge is 0.226 e. The van der Waals surface area contributed by atoms with E-state index in [0.29, 0.717) is 42.9 Å². The first kappa shape index (κ1) is 26.2. The fourth-order valence-electron chi connectivity index (χ4n) is 2.47. The molecule has 2 aromatic rings. The van der Waals surface area contributed by atoms with Gasteiger partial charge in [-0.25, -0.2) is 9.98 Å². The van der Waals surface area contributed by atoms with Crippen LogP contribution in [0.3, 0.4) is 0 Å². The van der Waals surface area contributed by atoms with E-state index in [1.54, 1.807) is 12.3 Å². The van der Waals surface area contributed by atoms with E-state index in [2.05, 4.69) is 46.7 Å². The molecule has 0 aliphatic heterocycles. The number of aromatic nitrogens is 1. The summed E-state index contributed by atoms with van der Waals surface area (Å²) in [5, 5.41) is 9.81. The van der Waals surface area contributed by atoms with Crippen molar-refractivity contribution in [2.75, 3.05) is 18.4 Å². The molecule has 3 N–H and O–H groups in total. The Morgan fingerprint density at radius 2 is 2.00 bits per heavy atom. The van der Waals surface area contributed by atoms with Crippen molar-refractivity contribution in [3.8, 4) is 0 Å². The summed E-state index contributed by atoms with van der Waals surface area (Å²) in [6, 6.07) is 5.44. The summed E-state index contributed by atoms with van der Waals surface area (Å²) < 4.78 is 5.76. The number of carbonyl (C=O) groups excluding carboxylic acids is 1. The molecule has 0 fully saturated rings. The van der Waals surface area contributed by atoms with Gasteiger partial charge in [-0.3, -0.25) is 4.79 Å². The second-order valence-electron chi connectivity index (χ2n) is 7.70. The maximum Gasteiger partial charge on any atom is 0.226 e. The molecule has 0 atom stereocenters. The summed E-state index contributed by atoms with van der Waals surface area (Å²) in [6.45, 7) is 11.5. The number of hydrogen-bond acceptors (Lipinski definition) is 4. The third kappa shape index (κ3) is 8.14. The Kier molecular flexibility index (Phi) is 10.6. The third-order valence-corrected chi connectivity index (χ3v) is 4.61. The Morgan fingerprint density at radius 1 is 1.27 bits per heavy atom. The highest BCUT2D eigenvalue weighted by Gasteiger charge is 2.19. The first-order valence-corrected chi connectivity index (χ1v) is 10.1. The number of nitrogens with one attached hydrogen (secondary N) is 3. The van der Waals surface area contributed by atoms with Gasteiger partial charge in [-0.2, -0.15) is 0 Å². The number of carbonyl (C=O) groups is 1. The van der Waals surface area contributed by atoms with Crippen LogP contribution in [0.25, 0.3) is 0 Å². The van der Waals surface area contributed by atoms with Crippen molar-refractivity contribution in [1.82, 2.24) is 15.6 Å². The van der Waals surface area contributed by atoms with Gasteiger partial charge in [-0.1, -0.05) is 38.4 Å². The molecule has 0 saturated heterocycles. The van der Waals surface area contributed by atoms with Crippen LogP contribution in [0.5, 0.6) is 0 Å². The highest BCUT2D eigenvalue weighted by Crippen LogP contribution is 2.23. The van der Waals surface area contributed by atoms with Crippen LogP contribution in [0.15, 0.2) is 33.8 Å². The highest BCUT2D eigenvalue weighted by atomic mass is 127. The molecule has 7 nitrogen and oxygen atoms in total. The minimum atomic E-state index is -0.0961. The monoisotopic (exact) mass is 547 g/mol. The first-order chi connectivity index (χ1) is 13.7. The van der Waals surface area contributed by atoms with Crippen molar-refractivity contribution in [2.45, 2.75) is 53.0 Å². The largest absolute Gasteiger partial charge is 0.443 e. The number of rotatable bonds is 7. The van der Waals surface area contributed by atoms with E-state index in [1.165, 1.54) is 0 Å². The second kappa shape index (κ2) is 12.1. The molecule has 1 amide bonds. The molecule has 2 rings (SSSR count). The van der Waals surface area contributed by atoms with Gasteiger partial charge in [0.2, 0.25) is 11.8 Å². The van der Waals surface area contributed by atoms with Gasteiger partial charge in [0, 0.05) is 35.6 Å². The number of guanidine groups is 1. The Bertz CT molecular complexity index is 861. The number of oxazole rings is 1. The number of anilines is 1. The molecule has 0 spiro atoms. The van der Waals surface area contributed by atoms with Crippen molar-refractivity contribution in [1.29, 1.82) is 0 Å². The van der Waals surface area contributed by atoms with Crippen LogP contribution >= 0.6 is 35.6 Å². The van der Waals surface area contributed by atoms with Crippen molar-refractivity contribution < 1.29 is 9.21 Å². The lowest BCUT2D eigenvalue weighted by Gasteiger charge is -2.13. The normalized spacial score (nSPS) is 11.6. The molecule has 1 heterocycles. The fraction of sp³-hybridized carbons (Fsp3) is 0.476. The van der Waals surface area contributed by atoms with Crippen LogP contribution in [0.1, 0.15) is 51.3 Å². The summed E-state index contributed by atoms with van der Waals surface area (Å²) >= 11 is 6.09. The van der Waals surface area contributed by atoms with Gasteiger partial charge in [-0.15, -0.1) is 24.0 Å². The van der Waals surface area contributed by atoms with E-state index in [4.69, 9.17) is 16.0 Å². The Hall–Kier alpha value is -1.81. The maximum atomic E-state index is 12.2. The lowest BCUT2D eigenvalue weighted by molar-refractivity contribution is -0.116. The van der Waals surface area contributed by atoms with E-state index in [-0.39, 0.29) is 35.3 Å². The van der Waals surface area contributed by atoms with E-state index >= 15 is 0 Å². The number of hydrogen-bond donors (Lipinski definition) is 3. The second-order valence-corrected chi connectivity index (χ2v) is 8.11. The van der Waals surface area contributed by atoms with Gasteiger partial charge in [0.25, 0.3) is 0 Å². The standard InChI is InChI=1S/C21H30ClN5O2.HI/c1-6-23-20(26-13-19-25-12-17(29-19)21(3,4)5)24-11-10-18(28)27-16-9-7-8-15(22)14(16)2;/h7-9,12H,6,10-11,13H2,1-5H3,(H,27,28)(H2,23,24,26);1H. The minimum absolute atomic E-state index is 0. The predicted molar refractivity (Wildman–Crippen MR) is 133 cm³/mol. The minimum Gasteiger partial charge on any atom is -0.443 e. The zero-order chi connectivity index (χ0) is 21.4. The lowest BCUT2D eigenvalue weighted by Crippen LogP contribution is -2.38. The van der Waals surface area contributed by atoms with Crippen LogP contribution < -0.4 is 16.0 Å². The summed E-state index contributed by atoms with van der Waals surface area (Å²) in [7, 11) is 0. The Morgan fingerprint density at radius 3 is 2.63 bits per heavy atom. The molecule has 0 bridgehead atoms. The van der Waals surface area contributed by atoms with E-state index in [0.717, 1.165) is 17.0 Å². The predicted octanol–water partition coefficient (Wildman–Crippen LogP) is 4.64. The first-order valence-electron chi connectivity index (χ1n) is 9.73. The zero-order valence-corrected chi connectivity index (χ0v) is 21.2. The molecule has 0 aliphatic carbocycles. The lowest BCUT2D eigenvalue weighted by atomic mass is 9.94. The molecular formula is C21H31ClIN5O2. The molecule has 0 saturated carbocycles. The fourth-order valence-corrected chi connectivity index (χ4v) is 2.64. The van der Waals surface area contributed by atoms with E-state index in [9.17, 15) is 4.79 Å². The average Bonchev–Trinajstić information content (AvgIpc) is 3.13. The van der Waals surface area contributed by atoms with Gasteiger partial charge in [0.15, 0.2) is 5.96 Å². The van der Waals surface area contributed by atoms with Gasteiger partial charge in [-0.05, 0) is 31.5 Å². The van der Waals surface area contributed by atoms with Crippen LogP contribution in [0.2, 0.25) is 5.02 Å². The van der Waals surface area contributed by atoms with Gasteiger partial charge in [0.05, 0.1) is 6.20 Å². The molecule has 30 heavy (non-hydrogen) atoms. The van der Waals surface area contributed by atoms with Crippen molar-refractivity contribution in [3.05, 3.63) is 46.6 Å². The summed E-state index contributed by atoms with van der Waals surface area (Å²) in [5.74, 6) is 1.89. The molecule has 1 aromatic heterocycles. The van der Waals surface area contributed by atoms with Gasteiger partial charge < -0.3 is 20.4 Å². The number of halogens is 2. The quantitative estimate of drug-likeness (QED) is 0.267. The Labute approximate surface area is 200 Å². The van der Waals surface area contributed by atoms with Crippen LogP contribution in [0, 0.1) is 6.92 Å². The van der Waals surface area contributed by atoms with Crippen molar-refractivity contribution in [3.63, 3.8) is 0 Å². The third-order valence-electron chi connectivity index (χ3n) is 4.20. The number of nitrogens with zero attached hydrogens (tertiary/aromatic N) is 2.